The van der Waals surface area contributed by atoms with E-state index in [9.17, 15) is 0 Å². The lowest BCUT2D eigenvalue weighted by atomic mass is 10.1. The van der Waals surface area contributed by atoms with Crippen molar-refractivity contribution in [2.45, 2.75) is 58.3 Å². The van der Waals surface area contributed by atoms with E-state index in [0.29, 0.717) is 6.79 Å². The van der Waals surface area contributed by atoms with Gasteiger partial charge in [-0.1, -0.05) is 38.3 Å². The first-order chi connectivity index (χ1) is 7.91. The van der Waals surface area contributed by atoms with Gasteiger partial charge in [0.1, 0.15) is 6.79 Å². The zero-order valence-electron chi connectivity index (χ0n) is 11.0. The lowest BCUT2D eigenvalue weighted by molar-refractivity contribution is -0.0314. The van der Waals surface area contributed by atoms with Crippen molar-refractivity contribution in [3.63, 3.8) is 0 Å². The number of unbranched alkanes of at least 4 members (excludes halogenated alkanes) is 6. The number of rotatable bonds is 12. The first kappa shape index (κ1) is 15.7. The number of allylic oxidation sites excluding steroid dienone is 2. The molecule has 0 saturated heterocycles. The van der Waals surface area contributed by atoms with E-state index >= 15 is 0 Å². The fourth-order valence-electron chi connectivity index (χ4n) is 1.53. The number of ether oxygens (including phenoxy) is 2. The van der Waals surface area contributed by atoms with Gasteiger partial charge in [0, 0.05) is 13.7 Å². The van der Waals surface area contributed by atoms with Gasteiger partial charge in [-0.3, -0.25) is 0 Å². The van der Waals surface area contributed by atoms with Crippen LogP contribution in [0.3, 0.4) is 0 Å². The summed E-state index contributed by atoms with van der Waals surface area (Å²) in [6.07, 6.45) is 14.8. The molecule has 0 unspecified atom stereocenters. The van der Waals surface area contributed by atoms with Crippen LogP contribution in [-0.4, -0.2) is 20.5 Å². The van der Waals surface area contributed by atoms with Crippen molar-refractivity contribution in [2.24, 2.45) is 0 Å². The van der Waals surface area contributed by atoms with E-state index in [1.54, 1.807) is 7.11 Å². The quantitative estimate of drug-likeness (QED) is 0.281. The minimum atomic E-state index is 0.424. The lowest BCUT2D eigenvalue weighted by Gasteiger charge is -2.00. The summed E-state index contributed by atoms with van der Waals surface area (Å²) < 4.78 is 10.0. The second-order valence-electron chi connectivity index (χ2n) is 4.13. The Morgan fingerprint density at radius 1 is 0.875 bits per heavy atom. The number of hydrogen-bond acceptors (Lipinski definition) is 2. The molecule has 0 aromatic rings. The van der Waals surface area contributed by atoms with E-state index < -0.39 is 0 Å². The van der Waals surface area contributed by atoms with Crippen LogP contribution >= 0.6 is 0 Å². The minimum Gasteiger partial charge on any atom is -0.359 e. The molecule has 0 aromatic carbocycles. The van der Waals surface area contributed by atoms with Crippen LogP contribution in [0.25, 0.3) is 0 Å². The monoisotopic (exact) mass is 228 g/mol. The molecule has 0 N–H and O–H groups in total. The highest BCUT2D eigenvalue weighted by Crippen LogP contribution is 2.04. The van der Waals surface area contributed by atoms with E-state index in [4.69, 9.17) is 9.47 Å². The molecule has 0 fully saturated rings. The van der Waals surface area contributed by atoms with Crippen LogP contribution in [0, 0.1) is 0 Å². The normalized spacial score (nSPS) is 11.4. The molecule has 0 aliphatic heterocycles. The summed E-state index contributed by atoms with van der Waals surface area (Å²) in [5.74, 6) is 0. The Bertz CT molecular complexity index is 144. The molecule has 2 nitrogen and oxygen atoms in total. The summed E-state index contributed by atoms with van der Waals surface area (Å²) in [6, 6.07) is 0. The fraction of sp³-hybridized carbons (Fsp3) is 0.857. The Morgan fingerprint density at radius 3 is 2.19 bits per heavy atom. The highest BCUT2D eigenvalue weighted by molar-refractivity contribution is 4.81. The largest absolute Gasteiger partial charge is 0.359 e. The van der Waals surface area contributed by atoms with Gasteiger partial charge in [-0.2, -0.15) is 0 Å². The molecule has 0 amide bonds. The third kappa shape index (κ3) is 13.7. The molecule has 16 heavy (non-hydrogen) atoms. The van der Waals surface area contributed by atoms with Crippen LogP contribution in [-0.2, 0) is 9.47 Å². The SMILES string of the molecule is CCCCCC/C=C\CCCCOCOC. The zero-order chi connectivity index (χ0) is 11.9. The van der Waals surface area contributed by atoms with Gasteiger partial charge in [0.15, 0.2) is 0 Å². The first-order valence-electron chi connectivity index (χ1n) is 6.63. The molecule has 0 rings (SSSR count). The second kappa shape index (κ2) is 14.7. The van der Waals surface area contributed by atoms with Crippen LogP contribution in [0.4, 0.5) is 0 Å². The summed E-state index contributed by atoms with van der Waals surface area (Å²) >= 11 is 0. The summed E-state index contributed by atoms with van der Waals surface area (Å²) in [4.78, 5) is 0. The zero-order valence-corrected chi connectivity index (χ0v) is 11.0. The molecule has 0 aliphatic rings. The third-order valence-corrected chi connectivity index (χ3v) is 2.50. The van der Waals surface area contributed by atoms with Crippen molar-refractivity contribution in [3.8, 4) is 0 Å². The molecule has 0 aromatic heterocycles. The first-order valence-corrected chi connectivity index (χ1v) is 6.63. The fourth-order valence-corrected chi connectivity index (χ4v) is 1.53. The lowest BCUT2D eigenvalue weighted by Crippen LogP contribution is -1.97. The van der Waals surface area contributed by atoms with Crippen molar-refractivity contribution >= 4 is 0 Å². The summed E-state index contributed by atoms with van der Waals surface area (Å²) in [6.45, 7) is 3.49. The topological polar surface area (TPSA) is 18.5 Å². The average Bonchev–Trinajstić information content (AvgIpc) is 2.31. The van der Waals surface area contributed by atoms with Crippen molar-refractivity contribution in [1.82, 2.24) is 0 Å². The molecule has 0 bridgehead atoms. The third-order valence-electron chi connectivity index (χ3n) is 2.50. The molecule has 0 saturated carbocycles. The molecule has 0 heterocycles. The maximum atomic E-state index is 5.21. The van der Waals surface area contributed by atoms with Crippen molar-refractivity contribution in [2.75, 3.05) is 20.5 Å². The maximum Gasteiger partial charge on any atom is 0.146 e. The molecule has 0 atom stereocenters. The Labute approximate surface area is 101 Å². The Balaban J connectivity index is 2.98. The van der Waals surface area contributed by atoms with Crippen molar-refractivity contribution in [1.29, 1.82) is 0 Å². The van der Waals surface area contributed by atoms with E-state index in [-0.39, 0.29) is 0 Å². The van der Waals surface area contributed by atoms with Gasteiger partial charge in [-0.15, -0.1) is 0 Å². The van der Waals surface area contributed by atoms with Gasteiger partial charge in [-0.05, 0) is 32.1 Å². The molecular formula is C14H28O2. The predicted octanol–water partition coefficient (Wildman–Crippen LogP) is 4.30. The summed E-state index contributed by atoms with van der Waals surface area (Å²) in [5, 5.41) is 0. The summed E-state index contributed by atoms with van der Waals surface area (Å²) in [5.41, 5.74) is 0. The molecule has 0 aliphatic carbocycles. The molecular weight excluding hydrogens is 200 g/mol. The highest BCUT2D eigenvalue weighted by atomic mass is 16.7. The van der Waals surface area contributed by atoms with Gasteiger partial charge in [0.2, 0.25) is 0 Å². The highest BCUT2D eigenvalue weighted by Gasteiger charge is 1.88. The Kier molecular flexibility index (Phi) is 14.3. The van der Waals surface area contributed by atoms with Crippen LogP contribution in [0.1, 0.15) is 58.3 Å². The number of methoxy groups -OCH3 is 1. The second-order valence-corrected chi connectivity index (χ2v) is 4.13. The standard InChI is InChI=1S/C14H28O2/c1-3-4-5-6-7-8-9-10-11-12-13-16-14-15-2/h8-9H,3-7,10-14H2,1-2H3/b9-8-. The van der Waals surface area contributed by atoms with Crippen LogP contribution in [0.2, 0.25) is 0 Å². The smallest absolute Gasteiger partial charge is 0.146 e. The summed E-state index contributed by atoms with van der Waals surface area (Å²) in [7, 11) is 1.65. The van der Waals surface area contributed by atoms with Gasteiger partial charge < -0.3 is 9.47 Å². The van der Waals surface area contributed by atoms with E-state index in [1.165, 1.54) is 44.9 Å². The number of hydrogen-bond donors (Lipinski definition) is 0. The van der Waals surface area contributed by atoms with Crippen LogP contribution in [0.5, 0.6) is 0 Å². The maximum absolute atomic E-state index is 5.21. The van der Waals surface area contributed by atoms with Crippen LogP contribution < -0.4 is 0 Å². The van der Waals surface area contributed by atoms with Gasteiger partial charge in [-0.25, -0.2) is 0 Å². The van der Waals surface area contributed by atoms with E-state index in [1.807, 2.05) is 0 Å². The predicted molar refractivity (Wildman–Crippen MR) is 69.6 cm³/mol. The van der Waals surface area contributed by atoms with E-state index in [2.05, 4.69) is 19.1 Å². The van der Waals surface area contributed by atoms with Gasteiger partial charge in [0.25, 0.3) is 0 Å². The minimum absolute atomic E-state index is 0.424. The molecule has 0 radical (unpaired) electrons. The molecule has 96 valence electrons. The van der Waals surface area contributed by atoms with Gasteiger partial charge >= 0.3 is 0 Å². The Morgan fingerprint density at radius 2 is 1.56 bits per heavy atom. The van der Waals surface area contributed by atoms with Crippen molar-refractivity contribution in [3.05, 3.63) is 12.2 Å². The van der Waals surface area contributed by atoms with Gasteiger partial charge in [0.05, 0.1) is 0 Å². The van der Waals surface area contributed by atoms with Crippen molar-refractivity contribution < 1.29 is 9.47 Å². The Hall–Kier alpha value is -0.340. The molecule has 0 spiro atoms. The average molecular weight is 228 g/mol. The molecule has 2 heteroatoms. The van der Waals surface area contributed by atoms with Crippen LogP contribution in [0.15, 0.2) is 12.2 Å². The van der Waals surface area contributed by atoms with E-state index in [0.717, 1.165) is 13.0 Å².